The summed E-state index contributed by atoms with van der Waals surface area (Å²) in [6.45, 7) is 1.99. The normalized spacial score (nSPS) is 11.2. The minimum Gasteiger partial charge on any atom is -0.497 e. The molecule has 2 rings (SSSR count). The molecule has 1 unspecified atom stereocenters. The molecule has 0 saturated carbocycles. The van der Waals surface area contributed by atoms with Crippen molar-refractivity contribution in [2.75, 3.05) is 35.9 Å². The predicted octanol–water partition coefficient (Wildman–Crippen LogP) is 2.20. The Labute approximate surface area is 171 Å². The number of methoxy groups -OCH3 is 1. The summed E-state index contributed by atoms with van der Waals surface area (Å²) in [6, 6.07) is 12.8. The van der Waals surface area contributed by atoms with Crippen molar-refractivity contribution < 1.29 is 28.1 Å². The lowest BCUT2D eigenvalue weighted by molar-refractivity contribution is -0.114. The quantitative estimate of drug-likeness (QED) is 0.604. The Hall–Kier alpha value is -3.20. The molecule has 0 radical (unpaired) electrons. The molecule has 9 heteroatoms. The Kier molecular flexibility index (Phi) is 8.35. The molecule has 8 nitrogen and oxygen atoms in total. The lowest BCUT2D eigenvalue weighted by Crippen LogP contribution is -2.26. The molecule has 0 aliphatic carbocycles. The first-order chi connectivity index (χ1) is 13.9. The second kappa shape index (κ2) is 11.0. The van der Waals surface area contributed by atoms with E-state index in [4.69, 9.17) is 9.47 Å². The Bertz CT molecular complexity index is 881. The van der Waals surface area contributed by atoms with Crippen molar-refractivity contribution in [3.8, 4) is 5.75 Å². The fraction of sp³-hybridized carbons (Fsp3) is 0.250. The van der Waals surface area contributed by atoms with E-state index in [0.29, 0.717) is 22.7 Å². The van der Waals surface area contributed by atoms with Gasteiger partial charge >= 0.3 is 5.97 Å². The van der Waals surface area contributed by atoms with Gasteiger partial charge in [0, 0.05) is 22.2 Å². The average molecular weight is 418 g/mol. The molecule has 0 aliphatic heterocycles. The molecule has 29 heavy (non-hydrogen) atoms. The van der Waals surface area contributed by atoms with Crippen molar-refractivity contribution in [2.24, 2.45) is 0 Å². The molecule has 0 spiro atoms. The van der Waals surface area contributed by atoms with Crippen molar-refractivity contribution in [1.29, 1.82) is 0 Å². The van der Waals surface area contributed by atoms with E-state index in [0.717, 1.165) is 0 Å². The van der Waals surface area contributed by atoms with Crippen molar-refractivity contribution in [2.45, 2.75) is 6.92 Å². The number of nitrogens with one attached hydrogen (secondary N) is 2. The number of carbonyl (C=O) groups excluding carboxylic acids is 3. The van der Waals surface area contributed by atoms with Gasteiger partial charge in [-0.1, -0.05) is 0 Å². The minimum atomic E-state index is -1.67. The van der Waals surface area contributed by atoms with Crippen LogP contribution in [0.3, 0.4) is 0 Å². The van der Waals surface area contributed by atoms with Gasteiger partial charge in [-0.15, -0.1) is 0 Å². The summed E-state index contributed by atoms with van der Waals surface area (Å²) >= 11 is 0. The summed E-state index contributed by atoms with van der Waals surface area (Å²) in [6.07, 6.45) is 0. The van der Waals surface area contributed by atoms with E-state index in [9.17, 15) is 18.6 Å². The van der Waals surface area contributed by atoms with Crippen molar-refractivity contribution in [1.82, 2.24) is 0 Å². The smallest absolute Gasteiger partial charge is 0.338 e. The first kappa shape index (κ1) is 22.1. The maximum absolute atomic E-state index is 12.1. The van der Waals surface area contributed by atoms with Gasteiger partial charge in [-0.2, -0.15) is 0 Å². The molecule has 0 heterocycles. The molecule has 0 fully saturated rings. The summed E-state index contributed by atoms with van der Waals surface area (Å²) in [4.78, 5) is 35.6. The first-order valence-corrected chi connectivity index (χ1v) is 10.3. The number of benzene rings is 2. The van der Waals surface area contributed by atoms with Gasteiger partial charge in [0.05, 0.1) is 19.3 Å². The van der Waals surface area contributed by atoms with E-state index in [2.05, 4.69) is 10.6 Å². The molecule has 2 aromatic rings. The van der Waals surface area contributed by atoms with Crippen LogP contribution in [0.15, 0.2) is 48.5 Å². The van der Waals surface area contributed by atoms with E-state index in [1.165, 1.54) is 19.2 Å². The fourth-order valence-electron chi connectivity index (χ4n) is 2.32. The van der Waals surface area contributed by atoms with E-state index in [1.807, 2.05) is 0 Å². The molecule has 0 aromatic heterocycles. The zero-order chi connectivity index (χ0) is 21.2. The molecule has 0 aliphatic rings. The summed E-state index contributed by atoms with van der Waals surface area (Å²) in [7, 11) is -0.133. The van der Waals surface area contributed by atoms with Gasteiger partial charge in [0.15, 0.2) is 0 Å². The predicted molar refractivity (Wildman–Crippen MR) is 111 cm³/mol. The maximum Gasteiger partial charge on any atom is 0.338 e. The topological polar surface area (TPSA) is 111 Å². The summed E-state index contributed by atoms with van der Waals surface area (Å²) in [5.41, 5.74) is 1.35. The van der Waals surface area contributed by atoms with Crippen molar-refractivity contribution in [3.63, 3.8) is 0 Å². The number of hydrogen-bond donors (Lipinski definition) is 2. The lowest BCUT2D eigenvalue weighted by Gasteiger charge is -2.08. The highest BCUT2D eigenvalue weighted by atomic mass is 32.2. The highest BCUT2D eigenvalue weighted by molar-refractivity contribution is 7.86. The van der Waals surface area contributed by atoms with Crippen molar-refractivity contribution in [3.05, 3.63) is 54.1 Å². The summed E-state index contributed by atoms with van der Waals surface area (Å²) in [5.74, 6) is -1.38. The SMILES string of the molecule is CCOC(=O)c1ccc(NC(=O)CS(=O)CC(=O)Nc2ccc(OC)cc2)cc1. The Morgan fingerprint density at radius 2 is 1.34 bits per heavy atom. The number of anilines is 2. The molecular formula is C20H22N2O6S. The number of rotatable bonds is 9. The van der Waals surface area contributed by atoms with Crippen LogP contribution in [0.4, 0.5) is 11.4 Å². The molecule has 1 atom stereocenters. The average Bonchev–Trinajstić information content (AvgIpc) is 2.69. The van der Waals surface area contributed by atoms with Gasteiger partial charge in [-0.3, -0.25) is 13.8 Å². The van der Waals surface area contributed by atoms with E-state index in [1.54, 1.807) is 43.3 Å². The summed E-state index contributed by atoms with van der Waals surface area (Å²) in [5, 5.41) is 5.19. The Morgan fingerprint density at radius 1 is 0.862 bits per heavy atom. The zero-order valence-corrected chi connectivity index (χ0v) is 16.9. The number of ether oxygens (including phenoxy) is 2. The zero-order valence-electron chi connectivity index (χ0n) is 16.1. The maximum atomic E-state index is 12.1. The van der Waals surface area contributed by atoms with Gasteiger partial charge in [0.1, 0.15) is 17.3 Å². The van der Waals surface area contributed by atoms with E-state index >= 15 is 0 Å². The molecule has 0 saturated heterocycles. The number of carbonyl (C=O) groups is 3. The van der Waals surface area contributed by atoms with Crippen LogP contribution in [-0.4, -0.2) is 47.2 Å². The molecular weight excluding hydrogens is 396 g/mol. The summed E-state index contributed by atoms with van der Waals surface area (Å²) < 4.78 is 22.0. The van der Waals surface area contributed by atoms with Crippen LogP contribution < -0.4 is 15.4 Å². The van der Waals surface area contributed by atoms with Crippen LogP contribution in [0.2, 0.25) is 0 Å². The van der Waals surface area contributed by atoms with E-state index in [-0.39, 0.29) is 18.1 Å². The van der Waals surface area contributed by atoms with Gasteiger partial charge in [-0.05, 0) is 55.5 Å². The third kappa shape index (κ3) is 7.38. The minimum absolute atomic E-state index is 0.273. The Balaban J connectivity index is 1.79. The molecule has 2 amide bonds. The van der Waals surface area contributed by atoms with Crippen LogP contribution in [0.5, 0.6) is 5.75 Å². The van der Waals surface area contributed by atoms with Gasteiger partial charge in [0.25, 0.3) is 0 Å². The number of esters is 1. The lowest BCUT2D eigenvalue weighted by atomic mass is 10.2. The molecule has 0 bridgehead atoms. The molecule has 2 N–H and O–H groups in total. The number of hydrogen-bond acceptors (Lipinski definition) is 6. The second-order valence-corrected chi connectivity index (χ2v) is 7.31. The molecule has 2 aromatic carbocycles. The van der Waals surface area contributed by atoms with Gasteiger partial charge < -0.3 is 20.1 Å². The second-order valence-electron chi connectivity index (χ2n) is 5.85. The van der Waals surface area contributed by atoms with Crippen LogP contribution >= 0.6 is 0 Å². The van der Waals surface area contributed by atoms with E-state index < -0.39 is 28.6 Å². The van der Waals surface area contributed by atoms with Gasteiger partial charge in [0.2, 0.25) is 11.8 Å². The first-order valence-electron chi connectivity index (χ1n) is 8.77. The third-order valence-corrected chi connectivity index (χ3v) is 4.81. The Morgan fingerprint density at radius 3 is 1.79 bits per heavy atom. The highest BCUT2D eigenvalue weighted by Crippen LogP contribution is 2.15. The fourth-order valence-corrected chi connectivity index (χ4v) is 3.15. The van der Waals surface area contributed by atoms with Crippen LogP contribution in [0.25, 0.3) is 0 Å². The monoisotopic (exact) mass is 418 g/mol. The molecule has 154 valence electrons. The largest absolute Gasteiger partial charge is 0.497 e. The van der Waals surface area contributed by atoms with Crippen LogP contribution in [0.1, 0.15) is 17.3 Å². The van der Waals surface area contributed by atoms with Crippen molar-refractivity contribution >= 4 is 40.0 Å². The van der Waals surface area contributed by atoms with Gasteiger partial charge in [-0.25, -0.2) is 4.79 Å². The number of amides is 2. The van der Waals surface area contributed by atoms with Crippen LogP contribution in [-0.2, 0) is 25.1 Å². The standard InChI is InChI=1S/C20H22N2O6S/c1-3-28-20(25)14-4-6-15(7-5-14)21-18(23)12-29(26)13-19(24)22-16-8-10-17(27-2)11-9-16/h4-11H,3,12-13H2,1-2H3,(H,21,23)(H,22,24). The highest BCUT2D eigenvalue weighted by Gasteiger charge is 2.13. The third-order valence-electron chi connectivity index (χ3n) is 3.64. The van der Waals surface area contributed by atoms with Crippen LogP contribution in [0, 0.1) is 0 Å².